The minimum absolute atomic E-state index is 0.411. The number of aliphatic carboxylic acids is 1. The van der Waals surface area contributed by atoms with Gasteiger partial charge in [-0.05, 0) is 26.0 Å². The third-order valence-corrected chi connectivity index (χ3v) is 4.45. The predicted molar refractivity (Wildman–Crippen MR) is 64.4 cm³/mol. The molecule has 0 atom stereocenters. The number of carbonyl (C=O) groups is 1. The second-order valence-corrected chi connectivity index (χ2v) is 5.34. The molecule has 0 saturated heterocycles. The average Bonchev–Trinajstić information content (AvgIpc) is 2.15. The van der Waals surface area contributed by atoms with Crippen LogP contribution in [0.1, 0.15) is 26.2 Å². The minimum Gasteiger partial charge on any atom is -0.478 e. The Hall–Kier alpha value is -0.480. The number of hydrogen-bond donors (Lipinski definition) is 2. The Bertz CT molecular complexity index is 254. The summed E-state index contributed by atoms with van der Waals surface area (Å²) in [6.45, 7) is 3.26. The van der Waals surface area contributed by atoms with Crippen molar-refractivity contribution in [2.24, 2.45) is 0 Å². The van der Waals surface area contributed by atoms with Crippen molar-refractivity contribution in [1.82, 2.24) is 5.32 Å². The van der Waals surface area contributed by atoms with E-state index in [0.717, 1.165) is 6.54 Å². The van der Waals surface area contributed by atoms with Crippen molar-refractivity contribution in [2.45, 2.75) is 30.9 Å². The number of thioether (sulfide) groups is 1. The highest BCUT2D eigenvalue weighted by Crippen LogP contribution is 2.41. The Morgan fingerprint density at radius 1 is 1.60 bits per heavy atom. The van der Waals surface area contributed by atoms with Gasteiger partial charge in [0.15, 0.2) is 0 Å². The quantitative estimate of drug-likeness (QED) is 0.539. The molecule has 0 bridgehead atoms. The first-order valence-electron chi connectivity index (χ1n) is 5.25. The second kappa shape index (κ2) is 5.56. The minimum atomic E-state index is -0.833. The maximum absolute atomic E-state index is 10.5. The fraction of sp³-hybridized carbons (Fsp3) is 0.727. The summed E-state index contributed by atoms with van der Waals surface area (Å²) in [5, 5.41) is 11.9. The van der Waals surface area contributed by atoms with Crippen LogP contribution in [0.25, 0.3) is 0 Å². The number of hydrogen-bond acceptors (Lipinski definition) is 3. The normalized spacial score (nSPS) is 19.7. The zero-order valence-electron chi connectivity index (χ0n) is 9.38. The molecule has 86 valence electrons. The van der Waals surface area contributed by atoms with Crippen molar-refractivity contribution in [3.63, 3.8) is 0 Å². The molecular weight excluding hydrogens is 210 g/mol. The molecule has 0 spiro atoms. The number of nitrogens with one attached hydrogen (secondary N) is 1. The smallest absolute Gasteiger partial charge is 0.330 e. The van der Waals surface area contributed by atoms with Gasteiger partial charge in [-0.3, -0.25) is 0 Å². The molecule has 3 nitrogen and oxygen atoms in total. The molecule has 15 heavy (non-hydrogen) atoms. The topological polar surface area (TPSA) is 49.3 Å². The molecule has 0 unspecified atom stereocenters. The van der Waals surface area contributed by atoms with Crippen molar-refractivity contribution in [1.29, 1.82) is 0 Å². The third-order valence-electron chi connectivity index (χ3n) is 3.03. The molecule has 4 heteroatoms. The van der Waals surface area contributed by atoms with Gasteiger partial charge in [0, 0.05) is 23.4 Å². The largest absolute Gasteiger partial charge is 0.478 e. The van der Waals surface area contributed by atoms with Crippen LogP contribution in [0.2, 0.25) is 0 Å². The third kappa shape index (κ3) is 3.54. The van der Waals surface area contributed by atoms with Crippen molar-refractivity contribution < 1.29 is 9.90 Å². The van der Waals surface area contributed by atoms with Crippen LogP contribution in [0.4, 0.5) is 0 Å². The van der Waals surface area contributed by atoms with Gasteiger partial charge in [-0.25, -0.2) is 4.79 Å². The first-order valence-corrected chi connectivity index (χ1v) is 6.48. The van der Waals surface area contributed by atoms with E-state index in [1.807, 2.05) is 11.8 Å². The van der Waals surface area contributed by atoms with Gasteiger partial charge in [0.1, 0.15) is 0 Å². The van der Waals surface area contributed by atoms with Gasteiger partial charge in [0.2, 0.25) is 0 Å². The van der Waals surface area contributed by atoms with E-state index in [-0.39, 0.29) is 0 Å². The van der Waals surface area contributed by atoms with E-state index in [1.165, 1.54) is 19.3 Å². The van der Waals surface area contributed by atoms with Gasteiger partial charge in [0.25, 0.3) is 0 Å². The number of rotatable bonds is 6. The van der Waals surface area contributed by atoms with E-state index in [0.29, 0.717) is 16.9 Å². The molecule has 1 aliphatic carbocycles. The highest BCUT2D eigenvalue weighted by atomic mass is 32.2. The van der Waals surface area contributed by atoms with Crippen LogP contribution < -0.4 is 5.32 Å². The standard InChI is InChI=1S/C11H19NO2S/c1-9(10(13)14)4-7-12-8-11(15-2)5-3-6-11/h4,12H,3,5-8H2,1-2H3,(H,13,14)/b9-4-. The van der Waals surface area contributed by atoms with E-state index in [9.17, 15) is 4.79 Å². The summed E-state index contributed by atoms with van der Waals surface area (Å²) in [6.07, 6.45) is 7.77. The lowest BCUT2D eigenvalue weighted by Gasteiger charge is -2.40. The van der Waals surface area contributed by atoms with E-state index < -0.39 is 5.97 Å². The summed E-state index contributed by atoms with van der Waals surface area (Å²) in [7, 11) is 0. The maximum atomic E-state index is 10.5. The summed E-state index contributed by atoms with van der Waals surface area (Å²) in [4.78, 5) is 10.5. The van der Waals surface area contributed by atoms with Gasteiger partial charge < -0.3 is 10.4 Å². The van der Waals surface area contributed by atoms with Crippen LogP contribution in [0, 0.1) is 0 Å². The SMILES string of the molecule is CSC1(CNC/C=C(/C)C(=O)O)CCC1. The van der Waals surface area contributed by atoms with Crippen LogP contribution in [-0.2, 0) is 4.79 Å². The van der Waals surface area contributed by atoms with E-state index in [1.54, 1.807) is 13.0 Å². The predicted octanol–water partition coefficient (Wildman–Crippen LogP) is 1.89. The summed E-state index contributed by atoms with van der Waals surface area (Å²) >= 11 is 1.92. The first kappa shape index (κ1) is 12.6. The molecular formula is C11H19NO2S. The van der Waals surface area contributed by atoms with Crippen molar-refractivity contribution in [2.75, 3.05) is 19.3 Å². The molecule has 1 rings (SSSR count). The fourth-order valence-electron chi connectivity index (χ4n) is 1.64. The van der Waals surface area contributed by atoms with Crippen LogP contribution in [0.3, 0.4) is 0 Å². The maximum Gasteiger partial charge on any atom is 0.330 e. The lowest BCUT2D eigenvalue weighted by Crippen LogP contribution is -2.43. The van der Waals surface area contributed by atoms with Gasteiger partial charge in [-0.2, -0.15) is 11.8 Å². The Morgan fingerprint density at radius 2 is 2.27 bits per heavy atom. The summed E-state index contributed by atoms with van der Waals surface area (Å²) < 4.78 is 0.422. The van der Waals surface area contributed by atoms with E-state index in [4.69, 9.17) is 5.11 Å². The lowest BCUT2D eigenvalue weighted by molar-refractivity contribution is -0.132. The lowest BCUT2D eigenvalue weighted by atomic mass is 9.84. The van der Waals surface area contributed by atoms with Crippen molar-refractivity contribution >= 4 is 17.7 Å². The van der Waals surface area contributed by atoms with Crippen LogP contribution >= 0.6 is 11.8 Å². The molecule has 0 aromatic heterocycles. The summed E-state index contributed by atoms with van der Waals surface area (Å²) in [6, 6.07) is 0. The zero-order valence-corrected chi connectivity index (χ0v) is 10.2. The van der Waals surface area contributed by atoms with Gasteiger partial charge in [0.05, 0.1) is 0 Å². The fourth-order valence-corrected chi connectivity index (χ4v) is 2.58. The van der Waals surface area contributed by atoms with Gasteiger partial charge >= 0.3 is 5.97 Å². The molecule has 1 saturated carbocycles. The molecule has 2 N–H and O–H groups in total. The second-order valence-electron chi connectivity index (χ2n) is 4.06. The van der Waals surface area contributed by atoms with Crippen molar-refractivity contribution in [3.8, 4) is 0 Å². The molecule has 0 heterocycles. The van der Waals surface area contributed by atoms with Crippen LogP contribution in [-0.4, -0.2) is 35.2 Å². The molecule has 0 radical (unpaired) electrons. The highest BCUT2D eigenvalue weighted by Gasteiger charge is 2.35. The van der Waals surface area contributed by atoms with Crippen LogP contribution in [0.5, 0.6) is 0 Å². The van der Waals surface area contributed by atoms with E-state index >= 15 is 0 Å². The monoisotopic (exact) mass is 229 g/mol. The highest BCUT2D eigenvalue weighted by molar-refractivity contribution is 8.00. The summed E-state index contributed by atoms with van der Waals surface area (Å²) in [5.74, 6) is -0.833. The molecule has 0 amide bonds. The Kier molecular flexibility index (Phi) is 4.67. The van der Waals surface area contributed by atoms with E-state index in [2.05, 4.69) is 11.6 Å². The Morgan fingerprint density at radius 3 is 2.67 bits per heavy atom. The van der Waals surface area contributed by atoms with Gasteiger partial charge in [-0.1, -0.05) is 12.5 Å². The summed E-state index contributed by atoms with van der Waals surface area (Å²) in [5.41, 5.74) is 0.411. The molecule has 0 aromatic carbocycles. The number of carboxylic acid groups (broad SMARTS) is 1. The average molecular weight is 229 g/mol. The van der Waals surface area contributed by atoms with Gasteiger partial charge in [-0.15, -0.1) is 0 Å². The molecule has 1 fully saturated rings. The Balaban J connectivity index is 2.21. The molecule has 0 aliphatic heterocycles. The Labute approximate surface area is 95.3 Å². The number of carboxylic acids is 1. The zero-order chi connectivity index (χ0) is 11.3. The molecule has 1 aliphatic rings. The van der Waals surface area contributed by atoms with Crippen molar-refractivity contribution in [3.05, 3.63) is 11.6 Å². The first-order chi connectivity index (χ1) is 7.09. The van der Waals surface area contributed by atoms with Crippen LogP contribution in [0.15, 0.2) is 11.6 Å². The molecule has 0 aromatic rings.